The van der Waals surface area contributed by atoms with Crippen molar-refractivity contribution in [2.24, 2.45) is 5.92 Å². The topological polar surface area (TPSA) is 60.9 Å². The standard InChI is InChI=1S/C15H28N2O3/c1-11-7-6-9-16(12(11)2)14(20)17(15(3,4)5)10-8-13(18)19/h11-12H,6-10H2,1-5H3,(H,18,19). The van der Waals surface area contributed by atoms with E-state index in [1.165, 1.54) is 0 Å². The number of rotatable bonds is 3. The van der Waals surface area contributed by atoms with Crippen molar-refractivity contribution in [1.82, 2.24) is 9.80 Å². The Morgan fingerprint density at radius 2 is 1.90 bits per heavy atom. The van der Waals surface area contributed by atoms with Gasteiger partial charge in [0, 0.05) is 24.7 Å². The lowest BCUT2D eigenvalue weighted by molar-refractivity contribution is -0.137. The number of hydrogen-bond donors (Lipinski definition) is 1. The molecule has 0 radical (unpaired) electrons. The summed E-state index contributed by atoms with van der Waals surface area (Å²) in [5.74, 6) is -0.374. The third kappa shape index (κ3) is 4.12. The van der Waals surface area contributed by atoms with Crippen LogP contribution in [0.4, 0.5) is 4.79 Å². The number of amides is 2. The number of carboxylic acids is 1. The molecule has 20 heavy (non-hydrogen) atoms. The van der Waals surface area contributed by atoms with Crippen LogP contribution < -0.4 is 0 Å². The van der Waals surface area contributed by atoms with Gasteiger partial charge < -0.3 is 14.9 Å². The van der Waals surface area contributed by atoms with Gasteiger partial charge in [-0.2, -0.15) is 0 Å². The molecule has 1 N–H and O–H groups in total. The second-order valence-electron chi connectivity index (χ2n) is 6.80. The molecule has 0 aromatic rings. The van der Waals surface area contributed by atoms with Gasteiger partial charge in [0.25, 0.3) is 0 Å². The molecule has 116 valence electrons. The van der Waals surface area contributed by atoms with Gasteiger partial charge in [-0.1, -0.05) is 6.92 Å². The predicted octanol–water partition coefficient (Wildman–Crippen LogP) is 2.80. The zero-order valence-electron chi connectivity index (χ0n) is 13.3. The minimum atomic E-state index is -0.868. The molecule has 0 bridgehead atoms. The van der Waals surface area contributed by atoms with Gasteiger partial charge in [-0.25, -0.2) is 4.79 Å². The highest BCUT2D eigenvalue weighted by Gasteiger charge is 2.35. The van der Waals surface area contributed by atoms with E-state index in [-0.39, 0.29) is 30.6 Å². The van der Waals surface area contributed by atoms with Gasteiger partial charge in [0.2, 0.25) is 0 Å². The average Bonchev–Trinajstić information content (AvgIpc) is 2.30. The van der Waals surface area contributed by atoms with E-state index in [1.54, 1.807) is 4.90 Å². The number of piperidine rings is 1. The Hall–Kier alpha value is -1.26. The molecule has 0 aromatic carbocycles. The van der Waals surface area contributed by atoms with Crippen LogP contribution in [-0.4, -0.2) is 51.6 Å². The molecule has 2 amide bonds. The van der Waals surface area contributed by atoms with E-state index in [0.717, 1.165) is 19.4 Å². The van der Waals surface area contributed by atoms with Crippen molar-refractivity contribution in [1.29, 1.82) is 0 Å². The molecule has 1 fully saturated rings. The highest BCUT2D eigenvalue weighted by molar-refractivity contribution is 5.76. The molecule has 1 aliphatic heterocycles. The lowest BCUT2D eigenvalue weighted by atomic mass is 9.92. The highest BCUT2D eigenvalue weighted by atomic mass is 16.4. The summed E-state index contributed by atoms with van der Waals surface area (Å²) in [5, 5.41) is 8.86. The first kappa shape index (κ1) is 16.8. The van der Waals surface area contributed by atoms with E-state index in [0.29, 0.717) is 5.92 Å². The first-order valence-electron chi connectivity index (χ1n) is 7.44. The zero-order chi connectivity index (χ0) is 15.5. The Labute approximate surface area is 121 Å². The molecule has 0 saturated carbocycles. The molecule has 5 heteroatoms. The summed E-state index contributed by atoms with van der Waals surface area (Å²) in [6, 6.07) is 0.184. The van der Waals surface area contributed by atoms with Gasteiger partial charge in [-0.3, -0.25) is 4.79 Å². The minimum Gasteiger partial charge on any atom is -0.481 e. The van der Waals surface area contributed by atoms with Crippen molar-refractivity contribution in [2.45, 2.75) is 65.5 Å². The number of carbonyl (C=O) groups is 2. The molecule has 2 unspecified atom stereocenters. The second-order valence-corrected chi connectivity index (χ2v) is 6.80. The normalized spacial score (nSPS) is 23.6. The fraction of sp³-hybridized carbons (Fsp3) is 0.867. The number of hydrogen-bond acceptors (Lipinski definition) is 2. The first-order chi connectivity index (χ1) is 9.14. The Morgan fingerprint density at radius 3 is 2.40 bits per heavy atom. The zero-order valence-corrected chi connectivity index (χ0v) is 13.3. The molecular formula is C15H28N2O3. The quantitative estimate of drug-likeness (QED) is 0.867. The van der Waals surface area contributed by atoms with E-state index < -0.39 is 5.97 Å². The van der Waals surface area contributed by atoms with Crippen molar-refractivity contribution >= 4 is 12.0 Å². The van der Waals surface area contributed by atoms with Crippen molar-refractivity contribution in [3.05, 3.63) is 0 Å². The number of urea groups is 1. The SMILES string of the molecule is CC1CCCN(C(=O)N(CCC(=O)O)C(C)(C)C)C1C. The Balaban J connectivity index is 2.84. The van der Waals surface area contributed by atoms with E-state index >= 15 is 0 Å². The first-order valence-corrected chi connectivity index (χ1v) is 7.44. The number of aliphatic carboxylic acids is 1. The lowest BCUT2D eigenvalue weighted by Crippen LogP contribution is -2.57. The monoisotopic (exact) mass is 284 g/mol. The van der Waals surface area contributed by atoms with Crippen LogP contribution in [0.15, 0.2) is 0 Å². The fourth-order valence-electron chi connectivity index (χ4n) is 2.69. The lowest BCUT2D eigenvalue weighted by Gasteiger charge is -2.44. The van der Waals surface area contributed by atoms with Gasteiger partial charge in [-0.15, -0.1) is 0 Å². The van der Waals surface area contributed by atoms with Crippen molar-refractivity contribution in [3.63, 3.8) is 0 Å². The maximum atomic E-state index is 12.8. The number of likely N-dealkylation sites (tertiary alicyclic amines) is 1. The molecule has 1 saturated heterocycles. The maximum absolute atomic E-state index is 12.8. The molecule has 1 aliphatic rings. The summed E-state index contributed by atoms with van der Waals surface area (Å²) < 4.78 is 0. The molecule has 0 spiro atoms. The molecule has 1 rings (SSSR count). The Morgan fingerprint density at radius 1 is 1.30 bits per heavy atom. The van der Waals surface area contributed by atoms with Crippen LogP contribution in [0.25, 0.3) is 0 Å². The fourth-order valence-corrected chi connectivity index (χ4v) is 2.69. The van der Waals surface area contributed by atoms with Gasteiger partial charge in [0.05, 0.1) is 6.42 Å². The third-order valence-electron chi connectivity index (χ3n) is 4.21. The van der Waals surface area contributed by atoms with Crippen molar-refractivity contribution in [3.8, 4) is 0 Å². The summed E-state index contributed by atoms with van der Waals surface area (Å²) in [7, 11) is 0. The second kappa shape index (κ2) is 6.46. The molecule has 5 nitrogen and oxygen atoms in total. The van der Waals surface area contributed by atoms with Gasteiger partial charge in [0.1, 0.15) is 0 Å². The number of nitrogens with zero attached hydrogens (tertiary/aromatic N) is 2. The van der Waals surface area contributed by atoms with Gasteiger partial charge in [0.15, 0.2) is 0 Å². The van der Waals surface area contributed by atoms with Crippen LogP contribution in [0.3, 0.4) is 0 Å². The molecule has 2 atom stereocenters. The van der Waals surface area contributed by atoms with E-state index in [9.17, 15) is 9.59 Å². The minimum absolute atomic E-state index is 0.0131. The summed E-state index contributed by atoms with van der Waals surface area (Å²) in [4.78, 5) is 27.2. The van der Waals surface area contributed by atoms with Gasteiger partial charge >= 0.3 is 12.0 Å². The van der Waals surface area contributed by atoms with Crippen LogP contribution in [0.5, 0.6) is 0 Å². The molecule has 0 aliphatic carbocycles. The Kier molecular flexibility index (Phi) is 5.42. The van der Waals surface area contributed by atoms with Crippen molar-refractivity contribution < 1.29 is 14.7 Å². The van der Waals surface area contributed by atoms with Crippen LogP contribution in [0.2, 0.25) is 0 Å². The van der Waals surface area contributed by atoms with Gasteiger partial charge in [-0.05, 0) is 46.5 Å². The molecular weight excluding hydrogens is 256 g/mol. The Bertz CT molecular complexity index is 363. The predicted molar refractivity (Wildman–Crippen MR) is 78.7 cm³/mol. The smallest absolute Gasteiger partial charge is 0.320 e. The average molecular weight is 284 g/mol. The number of carbonyl (C=O) groups excluding carboxylic acids is 1. The highest BCUT2D eigenvalue weighted by Crippen LogP contribution is 2.26. The summed E-state index contributed by atoms with van der Waals surface area (Å²) in [6.45, 7) is 11.1. The van der Waals surface area contributed by atoms with E-state index in [1.807, 2.05) is 25.7 Å². The number of carboxylic acid groups (broad SMARTS) is 1. The summed E-state index contributed by atoms with van der Waals surface area (Å²) in [6.07, 6.45) is 2.16. The third-order valence-corrected chi connectivity index (χ3v) is 4.21. The van der Waals surface area contributed by atoms with E-state index in [2.05, 4.69) is 13.8 Å². The van der Waals surface area contributed by atoms with Crippen LogP contribution >= 0.6 is 0 Å². The largest absolute Gasteiger partial charge is 0.481 e. The molecule has 0 aromatic heterocycles. The summed E-state index contributed by atoms with van der Waals surface area (Å²) in [5.41, 5.74) is -0.368. The van der Waals surface area contributed by atoms with Crippen LogP contribution in [0, 0.1) is 5.92 Å². The maximum Gasteiger partial charge on any atom is 0.320 e. The van der Waals surface area contributed by atoms with Crippen LogP contribution in [0.1, 0.15) is 53.9 Å². The van der Waals surface area contributed by atoms with Crippen LogP contribution in [-0.2, 0) is 4.79 Å². The molecule has 1 heterocycles. The summed E-state index contributed by atoms with van der Waals surface area (Å²) >= 11 is 0. The van der Waals surface area contributed by atoms with E-state index in [4.69, 9.17) is 5.11 Å². The van der Waals surface area contributed by atoms with Crippen molar-refractivity contribution in [2.75, 3.05) is 13.1 Å².